The third kappa shape index (κ3) is 18.2. The Bertz CT molecular complexity index is 2980. The maximum atomic E-state index is 13.3. The fourth-order valence-electron chi connectivity index (χ4n) is 14.5. The number of benzene rings is 3. The molecule has 0 bridgehead atoms. The number of methoxy groups -OCH3 is 2. The summed E-state index contributed by atoms with van der Waals surface area (Å²) in [6, 6.07) is 14.2. The average molecular weight is 1270 g/mol. The zero-order valence-electron chi connectivity index (χ0n) is 52.9. The van der Waals surface area contributed by atoms with Gasteiger partial charge in [0.05, 0.1) is 39.0 Å². The molecule has 3 saturated heterocycles. The van der Waals surface area contributed by atoms with Crippen LogP contribution in [0.4, 0.5) is 0 Å². The summed E-state index contributed by atoms with van der Waals surface area (Å²) < 4.78 is 15.5. The second kappa shape index (κ2) is 33.0. The molecule has 9 N–H and O–H groups in total. The monoisotopic (exact) mass is 1270 g/mol. The van der Waals surface area contributed by atoms with E-state index in [9.17, 15) is 73.8 Å². The van der Waals surface area contributed by atoms with Gasteiger partial charge in [-0.3, -0.25) is 44.7 Å². The predicted molar refractivity (Wildman–Crippen MR) is 332 cm³/mol. The van der Waals surface area contributed by atoms with Gasteiger partial charge in [0.15, 0.2) is 0 Å². The fraction of sp³-hybridized carbons (Fsp3) is 0.597. The van der Waals surface area contributed by atoms with Crippen LogP contribution in [0.25, 0.3) is 0 Å². The number of ether oxygens (including phenoxy) is 3. The summed E-state index contributed by atoms with van der Waals surface area (Å²) in [6.07, 6.45) is 12.4. The fourth-order valence-corrected chi connectivity index (χ4v) is 14.5. The van der Waals surface area contributed by atoms with E-state index < -0.39 is 90.2 Å². The van der Waals surface area contributed by atoms with Crippen molar-refractivity contribution in [2.24, 2.45) is 17.8 Å². The molecule has 6 fully saturated rings. The van der Waals surface area contributed by atoms with E-state index in [0.717, 1.165) is 86.0 Å². The average Bonchev–Trinajstić information content (AvgIpc) is 1.67. The number of carbonyl (C=O) groups is 9. The van der Waals surface area contributed by atoms with Gasteiger partial charge in [0.1, 0.15) is 53.5 Å². The number of hydrogen-bond donors (Lipinski definition) is 9. The van der Waals surface area contributed by atoms with Gasteiger partial charge in [-0.25, -0.2) is 14.4 Å². The maximum absolute atomic E-state index is 13.3. The first-order chi connectivity index (χ1) is 43.4. The highest BCUT2D eigenvalue weighted by Crippen LogP contribution is 2.44. The van der Waals surface area contributed by atoms with E-state index in [2.05, 4.69) is 16.0 Å². The van der Waals surface area contributed by atoms with E-state index >= 15 is 0 Å². The molecule has 15 atom stereocenters. The Morgan fingerprint density at radius 2 is 0.758 bits per heavy atom. The third-order valence-electron chi connectivity index (χ3n) is 19.2. The normalized spacial score (nSPS) is 24.7. The molecule has 3 aliphatic heterocycles. The number of aryl methyl sites for hydroxylation is 3. The summed E-state index contributed by atoms with van der Waals surface area (Å²) in [5, 5.41) is 66.2. The number of nitrogens with one attached hydrogen (secondary N) is 3. The SMILES string of the molecule is CCOC(=O)[C@H](CCc1ccc(OC)cc1)N[C@@H](C)C(=O)N1[C@H](C(=O)O)C[C@@H]2CCC[C@@H]21.COc1ccc(CC[C@H](N[C@@H](C)C(=O)N2[C@H](C(=O)O)C[C@@H]3CCC[C@@H]32)C(=O)O)cc1.C[C@H](N[C@@H](CCc1ccc(O)cc1)C(=O)O)C(=O)N1[C@H](C(=O)O)C[C@@H]2CCC[C@@H]21. The van der Waals surface area contributed by atoms with Gasteiger partial charge in [-0.15, -0.1) is 0 Å². The van der Waals surface area contributed by atoms with E-state index in [-0.39, 0.29) is 72.4 Å². The molecule has 3 aromatic carbocycles. The first kappa shape index (κ1) is 70.6. The van der Waals surface area contributed by atoms with Gasteiger partial charge in [-0.2, -0.15) is 0 Å². The Hall–Kier alpha value is -7.83. The molecule has 9 rings (SSSR count). The highest BCUT2D eigenvalue weighted by atomic mass is 16.5. The number of amides is 3. The van der Waals surface area contributed by atoms with Crippen LogP contribution in [0.2, 0.25) is 0 Å². The number of rotatable bonds is 27. The summed E-state index contributed by atoms with van der Waals surface area (Å²) in [5.41, 5.74) is 2.90. The number of likely N-dealkylation sites (tertiary alicyclic amines) is 3. The lowest BCUT2D eigenvalue weighted by atomic mass is 10.0. The van der Waals surface area contributed by atoms with Crippen molar-refractivity contribution in [2.45, 2.75) is 216 Å². The largest absolute Gasteiger partial charge is 0.508 e. The van der Waals surface area contributed by atoms with Crippen LogP contribution in [0.3, 0.4) is 0 Å². The molecule has 0 spiro atoms. The van der Waals surface area contributed by atoms with Crippen molar-refractivity contribution in [3.05, 3.63) is 89.5 Å². The highest BCUT2D eigenvalue weighted by Gasteiger charge is 2.52. The Kier molecular flexibility index (Phi) is 25.6. The quantitative estimate of drug-likeness (QED) is 0.0400. The molecule has 0 radical (unpaired) electrons. The van der Waals surface area contributed by atoms with Gasteiger partial charge in [-0.1, -0.05) is 55.7 Å². The van der Waals surface area contributed by atoms with Gasteiger partial charge < -0.3 is 59.5 Å². The van der Waals surface area contributed by atoms with Crippen LogP contribution in [0, 0.1) is 17.8 Å². The van der Waals surface area contributed by atoms with Gasteiger partial charge in [0, 0.05) is 18.1 Å². The van der Waals surface area contributed by atoms with Gasteiger partial charge >= 0.3 is 35.8 Å². The van der Waals surface area contributed by atoms with Crippen LogP contribution >= 0.6 is 0 Å². The molecule has 24 nitrogen and oxygen atoms in total. The minimum atomic E-state index is -1.06. The molecule has 3 heterocycles. The van der Waals surface area contributed by atoms with Crippen molar-refractivity contribution < 1.29 is 88.0 Å². The van der Waals surface area contributed by atoms with Crippen LogP contribution in [-0.2, 0) is 67.2 Å². The molecular weight excluding hydrogens is 1180 g/mol. The third-order valence-corrected chi connectivity index (χ3v) is 19.2. The van der Waals surface area contributed by atoms with E-state index in [1.165, 1.54) is 9.80 Å². The number of aliphatic carboxylic acids is 5. The summed E-state index contributed by atoms with van der Waals surface area (Å²) >= 11 is 0. The molecule has 91 heavy (non-hydrogen) atoms. The Morgan fingerprint density at radius 3 is 1.04 bits per heavy atom. The summed E-state index contributed by atoms with van der Waals surface area (Å²) in [4.78, 5) is 115. The van der Waals surface area contributed by atoms with E-state index in [1.54, 1.807) is 71.1 Å². The second-order valence-corrected chi connectivity index (χ2v) is 25.0. The summed E-state index contributed by atoms with van der Waals surface area (Å²) in [5.74, 6) is -4.03. The van der Waals surface area contributed by atoms with Crippen molar-refractivity contribution in [1.82, 2.24) is 30.7 Å². The molecule has 0 unspecified atom stereocenters. The number of aromatic hydroxyl groups is 1. The van der Waals surface area contributed by atoms with Crippen LogP contribution in [0.1, 0.15) is 141 Å². The van der Waals surface area contributed by atoms with E-state index in [0.29, 0.717) is 51.4 Å². The number of carboxylic acid groups (broad SMARTS) is 5. The molecule has 24 heteroatoms. The summed E-state index contributed by atoms with van der Waals surface area (Å²) in [6.45, 7) is 6.91. The minimum absolute atomic E-state index is 0.0202. The zero-order valence-corrected chi connectivity index (χ0v) is 52.9. The lowest BCUT2D eigenvalue weighted by Gasteiger charge is -2.31. The van der Waals surface area contributed by atoms with Gasteiger partial charge in [-0.05, 0) is 195 Å². The first-order valence-corrected chi connectivity index (χ1v) is 32.0. The molecule has 498 valence electrons. The van der Waals surface area contributed by atoms with Gasteiger partial charge in [0.25, 0.3) is 0 Å². The molecule has 3 saturated carbocycles. The Balaban J connectivity index is 0.000000194. The van der Waals surface area contributed by atoms with E-state index in [1.807, 2.05) is 48.5 Å². The van der Waals surface area contributed by atoms with Crippen molar-refractivity contribution in [2.75, 3.05) is 20.8 Å². The molecule has 3 aliphatic carbocycles. The number of carbonyl (C=O) groups excluding carboxylic acids is 4. The number of phenolic OH excluding ortho intramolecular Hbond substituents is 1. The molecule has 3 amide bonds. The minimum Gasteiger partial charge on any atom is -0.508 e. The number of phenols is 1. The molecule has 6 aliphatic rings. The van der Waals surface area contributed by atoms with Crippen LogP contribution in [0.5, 0.6) is 17.2 Å². The van der Waals surface area contributed by atoms with Gasteiger partial charge in [0.2, 0.25) is 17.7 Å². The van der Waals surface area contributed by atoms with E-state index in [4.69, 9.17) is 14.2 Å². The standard InChI is InChI=1S/C24H34N2O6.C22H30N2O6.C21H28N2O6/c1-4-32-24(30)19(13-10-16-8-11-18(31-3)12-9-16)25-15(2)22(27)26-20-7-5-6-17(20)14-21(26)23(28)29;1-13(20(25)24-18-5-3-4-15(18)12-19(24)22(28)29)23-17(21(26)27)11-8-14-6-9-16(30-2)10-7-14;1-12(19(25)23-17-4-2-3-14(17)11-18(23)21(28)29)22-16(20(26)27)10-7-13-5-8-15(24)9-6-13/h8-9,11-12,15,17,19-21,25H,4-7,10,13-14H2,1-3H3,(H,28,29);6-7,9-10,13,15,17-19,23H,3-5,8,11-12H2,1-2H3,(H,26,27)(H,28,29);5-6,8-9,12,14,16-18,22,24H,2-4,7,10-11H2,1H3,(H,26,27)(H,28,29)/t15-,17-,19-,20-,21-;13-,15-,17-,18-,19-;12-,14-,16-,17-,18-/m000/s1. The van der Waals surface area contributed by atoms with Crippen molar-refractivity contribution >= 4 is 53.5 Å². The number of esters is 1. The molecule has 0 aromatic heterocycles. The molecule has 3 aromatic rings. The lowest BCUT2D eigenvalue weighted by Crippen LogP contribution is -2.55. The highest BCUT2D eigenvalue weighted by molar-refractivity contribution is 5.90. The van der Waals surface area contributed by atoms with Crippen molar-refractivity contribution in [1.29, 1.82) is 0 Å². The number of hydrogen-bond acceptors (Lipinski definition) is 16. The first-order valence-electron chi connectivity index (χ1n) is 32.0. The van der Waals surface area contributed by atoms with Crippen LogP contribution in [-0.4, -0.2) is 192 Å². The summed E-state index contributed by atoms with van der Waals surface area (Å²) in [7, 11) is 3.19. The second-order valence-electron chi connectivity index (χ2n) is 25.0. The maximum Gasteiger partial charge on any atom is 0.326 e. The topological polar surface area (TPSA) is 349 Å². The van der Waals surface area contributed by atoms with Crippen LogP contribution in [0.15, 0.2) is 72.8 Å². The Labute approximate surface area is 531 Å². The lowest BCUT2D eigenvalue weighted by molar-refractivity contribution is -0.151. The number of nitrogens with zero attached hydrogens (tertiary/aromatic N) is 3. The predicted octanol–water partition coefficient (Wildman–Crippen LogP) is 5.92. The number of fused-ring (bicyclic) bond motifs is 3. The van der Waals surface area contributed by atoms with Crippen molar-refractivity contribution in [3.8, 4) is 17.2 Å². The van der Waals surface area contributed by atoms with Crippen molar-refractivity contribution in [3.63, 3.8) is 0 Å². The Morgan fingerprint density at radius 1 is 0.462 bits per heavy atom. The molecular formula is C67H92N6O18. The smallest absolute Gasteiger partial charge is 0.326 e. The zero-order chi connectivity index (χ0) is 66.2. The van der Waals surface area contributed by atoms with Crippen LogP contribution < -0.4 is 25.4 Å². The number of carboxylic acids is 5.